The molecule has 2 saturated heterocycles. The molecular weight excluding hydrogens is 252 g/mol. The summed E-state index contributed by atoms with van der Waals surface area (Å²) in [6, 6.07) is 9.80. The van der Waals surface area contributed by atoms with E-state index < -0.39 is 0 Å². The number of carbonyl (C=O) groups is 1. The van der Waals surface area contributed by atoms with Gasteiger partial charge in [0, 0.05) is 5.69 Å². The van der Waals surface area contributed by atoms with Crippen molar-refractivity contribution >= 4 is 24.2 Å². The highest BCUT2D eigenvalue weighted by atomic mass is 35.5. The first-order valence-electron chi connectivity index (χ1n) is 6.05. The molecule has 98 valence electrons. The number of carbonyl (C=O) groups excluding carboxylic acids is 1. The molecule has 0 aromatic heterocycles. The van der Waals surface area contributed by atoms with Crippen LogP contribution in [0.2, 0.25) is 0 Å². The van der Waals surface area contributed by atoms with Crippen LogP contribution in [-0.4, -0.2) is 31.3 Å². The summed E-state index contributed by atoms with van der Waals surface area (Å²) in [4.78, 5) is 13.8. The predicted octanol–water partition coefficient (Wildman–Crippen LogP) is 2.19. The van der Waals surface area contributed by atoms with E-state index in [4.69, 9.17) is 4.74 Å². The molecule has 1 amide bonds. The van der Waals surface area contributed by atoms with Crippen LogP contribution < -0.4 is 10.2 Å². The number of amides is 1. The lowest BCUT2D eigenvalue weighted by molar-refractivity contribution is 0.167. The summed E-state index contributed by atoms with van der Waals surface area (Å²) in [5, 5.41) is 3.33. The Morgan fingerprint density at radius 1 is 1.17 bits per heavy atom. The molecule has 1 aromatic rings. The van der Waals surface area contributed by atoms with Gasteiger partial charge in [0.05, 0.1) is 5.54 Å². The third-order valence-electron chi connectivity index (χ3n) is 3.67. The van der Waals surface area contributed by atoms with E-state index in [0.29, 0.717) is 6.61 Å². The predicted molar refractivity (Wildman–Crippen MR) is 72.4 cm³/mol. The fourth-order valence-corrected chi connectivity index (χ4v) is 2.74. The van der Waals surface area contributed by atoms with Crippen LogP contribution in [0.15, 0.2) is 30.3 Å². The maximum Gasteiger partial charge on any atom is 0.415 e. The van der Waals surface area contributed by atoms with Crippen LogP contribution in [0, 0.1) is 0 Å². The van der Waals surface area contributed by atoms with E-state index in [0.717, 1.165) is 31.6 Å². The number of halogens is 1. The topological polar surface area (TPSA) is 41.6 Å². The highest BCUT2D eigenvalue weighted by Crippen LogP contribution is 2.36. The number of piperidine rings is 1. The minimum absolute atomic E-state index is 0. The summed E-state index contributed by atoms with van der Waals surface area (Å²) < 4.78 is 5.27. The maximum atomic E-state index is 11.9. The Morgan fingerprint density at radius 3 is 2.50 bits per heavy atom. The highest BCUT2D eigenvalue weighted by molar-refractivity contribution is 5.91. The Kier molecular flexibility index (Phi) is 3.78. The molecule has 5 heteroatoms. The van der Waals surface area contributed by atoms with E-state index in [9.17, 15) is 4.79 Å². The Hall–Kier alpha value is -1.26. The average molecular weight is 269 g/mol. The van der Waals surface area contributed by atoms with E-state index in [1.54, 1.807) is 0 Å². The molecule has 1 spiro atoms. The van der Waals surface area contributed by atoms with Crippen LogP contribution in [0.3, 0.4) is 0 Å². The first kappa shape index (κ1) is 13.2. The molecule has 0 radical (unpaired) electrons. The van der Waals surface area contributed by atoms with Crippen molar-refractivity contribution in [3.05, 3.63) is 30.3 Å². The Bertz CT molecular complexity index is 418. The standard InChI is InChI=1S/C13H16N2O2.ClH/c16-12-15(11-4-2-1-3-5-11)13(10-17-12)6-8-14-9-7-13;/h1-5,14H,6-10H2;1H. The number of rotatable bonds is 1. The SMILES string of the molecule is Cl.O=C1OCC2(CCNCC2)N1c1ccccc1. The zero-order valence-corrected chi connectivity index (χ0v) is 10.9. The van der Waals surface area contributed by atoms with Crippen molar-refractivity contribution in [2.75, 3.05) is 24.6 Å². The van der Waals surface area contributed by atoms with E-state index in [-0.39, 0.29) is 24.0 Å². The second kappa shape index (κ2) is 5.16. The molecule has 0 atom stereocenters. The molecule has 2 heterocycles. The number of hydrogen-bond donors (Lipinski definition) is 1. The third kappa shape index (κ3) is 2.06. The fourth-order valence-electron chi connectivity index (χ4n) is 2.74. The van der Waals surface area contributed by atoms with E-state index >= 15 is 0 Å². The number of hydrogen-bond acceptors (Lipinski definition) is 3. The molecule has 3 rings (SSSR count). The summed E-state index contributed by atoms with van der Waals surface area (Å²) in [7, 11) is 0. The van der Waals surface area contributed by atoms with Gasteiger partial charge in [-0.15, -0.1) is 12.4 Å². The van der Waals surface area contributed by atoms with Crippen LogP contribution >= 0.6 is 12.4 Å². The minimum Gasteiger partial charge on any atom is -0.447 e. The zero-order valence-electron chi connectivity index (χ0n) is 10.1. The molecule has 2 fully saturated rings. The number of nitrogens with one attached hydrogen (secondary N) is 1. The molecule has 2 aliphatic rings. The van der Waals surface area contributed by atoms with Gasteiger partial charge in [-0.3, -0.25) is 4.90 Å². The number of cyclic esters (lactones) is 1. The quantitative estimate of drug-likeness (QED) is 0.849. The lowest BCUT2D eigenvalue weighted by atomic mass is 9.88. The van der Waals surface area contributed by atoms with Crippen LogP contribution in [0.4, 0.5) is 10.5 Å². The Balaban J connectivity index is 0.00000120. The lowest BCUT2D eigenvalue weighted by Gasteiger charge is -2.38. The average Bonchev–Trinajstić information content (AvgIpc) is 2.68. The van der Waals surface area contributed by atoms with Gasteiger partial charge in [0.2, 0.25) is 0 Å². The molecule has 1 N–H and O–H groups in total. The molecule has 0 saturated carbocycles. The van der Waals surface area contributed by atoms with Gasteiger partial charge in [-0.05, 0) is 38.1 Å². The van der Waals surface area contributed by atoms with E-state index in [1.165, 1.54) is 0 Å². The van der Waals surface area contributed by atoms with Gasteiger partial charge < -0.3 is 10.1 Å². The summed E-state index contributed by atoms with van der Waals surface area (Å²) in [5.74, 6) is 0. The molecular formula is C13H17ClN2O2. The molecule has 1 aromatic carbocycles. The van der Waals surface area contributed by atoms with Gasteiger partial charge >= 0.3 is 6.09 Å². The summed E-state index contributed by atoms with van der Waals surface area (Å²) in [6.45, 7) is 2.41. The van der Waals surface area contributed by atoms with Crippen LogP contribution in [0.5, 0.6) is 0 Å². The second-order valence-electron chi connectivity index (χ2n) is 4.70. The van der Waals surface area contributed by atoms with Crippen molar-refractivity contribution in [1.82, 2.24) is 5.32 Å². The van der Waals surface area contributed by atoms with Gasteiger partial charge in [-0.1, -0.05) is 18.2 Å². The summed E-state index contributed by atoms with van der Waals surface area (Å²) in [5.41, 5.74) is 0.806. The van der Waals surface area contributed by atoms with Crippen molar-refractivity contribution in [1.29, 1.82) is 0 Å². The van der Waals surface area contributed by atoms with Gasteiger partial charge in [-0.2, -0.15) is 0 Å². The number of ether oxygens (including phenoxy) is 1. The first-order chi connectivity index (χ1) is 8.32. The minimum atomic E-state index is -0.210. The third-order valence-corrected chi connectivity index (χ3v) is 3.67. The van der Waals surface area contributed by atoms with Gasteiger partial charge in [0.1, 0.15) is 6.61 Å². The van der Waals surface area contributed by atoms with Crippen molar-refractivity contribution in [3.8, 4) is 0 Å². The maximum absolute atomic E-state index is 11.9. The van der Waals surface area contributed by atoms with Crippen LogP contribution in [0.1, 0.15) is 12.8 Å². The second-order valence-corrected chi connectivity index (χ2v) is 4.70. The summed E-state index contributed by atoms with van der Waals surface area (Å²) >= 11 is 0. The Morgan fingerprint density at radius 2 is 1.83 bits per heavy atom. The number of para-hydroxylation sites is 1. The Labute approximate surface area is 113 Å². The fraction of sp³-hybridized carbons (Fsp3) is 0.462. The molecule has 0 bridgehead atoms. The number of benzene rings is 1. The molecule has 18 heavy (non-hydrogen) atoms. The van der Waals surface area contributed by atoms with E-state index in [2.05, 4.69) is 5.32 Å². The lowest BCUT2D eigenvalue weighted by Crippen LogP contribution is -2.53. The molecule has 2 aliphatic heterocycles. The van der Waals surface area contributed by atoms with Crippen molar-refractivity contribution < 1.29 is 9.53 Å². The summed E-state index contributed by atoms with van der Waals surface area (Å²) in [6.07, 6.45) is 1.69. The van der Waals surface area contributed by atoms with E-state index in [1.807, 2.05) is 35.2 Å². The zero-order chi connectivity index (χ0) is 11.7. The van der Waals surface area contributed by atoms with Gasteiger partial charge in [0.15, 0.2) is 0 Å². The van der Waals surface area contributed by atoms with Crippen LogP contribution in [0.25, 0.3) is 0 Å². The van der Waals surface area contributed by atoms with Crippen LogP contribution in [-0.2, 0) is 4.74 Å². The first-order valence-corrected chi connectivity index (χ1v) is 6.05. The molecule has 0 aliphatic carbocycles. The highest BCUT2D eigenvalue weighted by Gasteiger charge is 2.48. The largest absolute Gasteiger partial charge is 0.447 e. The van der Waals surface area contributed by atoms with Gasteiger partial charge in [-0.25, -0.2) is 4.79 Å². The normalized spacial score (nSPS) is 21.6. The van der Waals surface area contributed by atoms with Crippen molar-refractivity contribution in [2.45, 2.75) is 18.4 Å². The van der Waals surface area contributed by atoms with Gasteiger partial charge in [0.25, 0.3) is 0 Å². The molecule has 4 nitrogen and oxygen atoms in total. The molecule has 0 unspecified atom stereocenters. The monoisotopic (exact) mass is 268 g/mol. The van der Waals surface area contributed by atoms with Crippen molar-refractivity contribution in [3.63, 3.8) is 0 Å². The number of nitrogens with zero attached hydrogens (tertiary/aromatic N) is 1. The smallest absolute Gasteiger partial charge is 0.415 e. The number of anilines is 1. The van der Waals surface area contributed by atoms with Crippen molar-refractivity contribution in [2.24, 2.45) is 0 Å².